The maximum atomic E-state index is 12.9. The Morgan fingerprint density at radius 2 is 1.96 bits per heavy atom. The standard InChI is InChI=1S/C19H20Cl2FNO2S/c1-2-18(25-16-7-5-15(22)6-8-16)19(24)23-9-10-26-12-13-3-4-14(20)11-17(13)21/h3-8,11,18H,2,9-10,12H2,1H3,(H,23,24)/t18-/m1/s1. The summed E-state index contributed by atoms with van der Waals surface area (Å²) in [7, 11) is 0. The third-order valence-corrected chi connectivity index (χ3v) is 5.17. The molecule has 0 saturated heterocycles. The molecule has 0 heterocycles. The lowest BCUT2D eigenvalue weighted by atomic mass is 10.2. The molecule has 0 aliphatic carbocycles. The molecule has 0 aliphatic heterocycles. The van der Waals surface area contributed by atoms with Gasteiger partial charge in [0.25, 0.3) is 5.91 Å². The fourth-order valence-corrected chi connectivity index (χ4v) is 3.60. The molecule has 140 valence electrons. The summed E-state index contributed by atoms with van der Waals surface area (Å²) in [6.07, 6.45) is -0.0762. The first-order valence-corrected chi connectivity index (χ1v) is 10.1. The molecule has 0 fully saturated rings. The van der Waals surface area contributed by atoms with Gasteiger partial charge in [0.15, 0.2) is 6.10 Å². The van der Waals surface area contributed by atoms with E-state index in [2.05, 4.69) is 5.32 Å². The molecule has 1 N–H and O–H groups in total. The van der Waals surface area contributed by atoms with Crippen LogP contribution in [0, 0.1) is 5.82 Å². The number of nitrogens with one attached hydrogen (secondary N) is 1. The third kappa shape index (κ3) is 6.71. The molecular formula is C19H20Cl2FNO2S. The van der Waals surface area contributed by atoms with Crippen molar-refractivity contribution in [2.24, 2.45) is 0 Å². The number of carbonyl (C=O) groups excluding carboxylic acids is 1. The first-order valence-electron chi connectivity index (χ1n) is 8.21. The minimum absolute atomic E-state index is 0.179. The van der Waals surface area contributed by atoms with Gasteiger partial charge in [-0.05, 0) is 48.4 Å². The van der Waals surface area contributed by atoms with Crippen LogP contribution in [0.5, 0.6) is 5.75 Å². The van der Waals surface area contributed by atoms with Gasteiger partial charge < -0.3 is 10.1 Å². The fraction of sp³-hybridized carbons (Fsp3) is 0.316. The van der Waals surface area contributed by atoms with Crippen LogP contribution in [0.2, 0.25) is 10.0 Å². The average Bonchev–Trinajstić information content (AvgIpc) is 2.62. The molecule has 3 nitrogen and oxygen atoms in total. The Labute approximate surface area is 167 Å². The lowest BCUT2D eigenvalue weighted by molar-refractivity contribution is -0.127. The van der Waals surface area contributed by atoms with Crippen LogP contribution < -0.4 is 10.1 Å². The summed E-state index contributed by atoms with van der Waals surface area (Å²) in [5, 5.41) is 4.12. The minimum Gasteiger partial charge on any atom is -0.481 e. The van der Waals surface area contributed by atoms with E-state index in [0.717, 1.165) is 17.1 Å². The summed E-state index contributed by atoms with van der Waals surface area (Å²) in [4.78, 5) is 12.2. The second-order valence-corrected chi connectivity index (χ2v) is 7.50. The number of thioether (sulfide) groups is 1. The van der Waals surface area contributed by atoms with Crippen LogP contribution in [0.15, 0.2) is 42.5 Å². The first-order chi connectivity index (χ1) is 12.5. The number of hydrogen-bond donors (Lipinski definition) is 1. The predicted octanol–water partition coefficient (Wildman–Crippen LogP) is 5.34. The molecule has 0 radical (unpaired) electrons. The van der Waals surface area contributed by atoms with Gasteiger partial charge in [0.2, 0.25) is 0 Å². The molecule has 26 heavy (non-hydrogen) atoms. The highest BCUT2D eigenvalue weighted by Gasteiger charge is 2.17. The van der Waals surface area contributed by atoms with E-state index in [1.54, 1.807) is 17.8 Å². The monoisotopic (exact) mass is 415 g/mol. The molecule has 2 aromatic rings. The molecule has 7 heteroatoms. The van der Waals surface area contributed by atoms with Gasteiger partial charge in [-0.25, -0.2) is 4.39 Å². The molecule has 2 aromatic carbocycles. The number of carbonyl (C=O) groups is 1. The molecule has 0 saturated carbocycles. The van der Waals surface area contributed by atoms with Gasteiger partial charge in [0.1, 0.15) is 11.6 Å². The maximum absolute atomic E-state index is 12.9. The highest BCUT2D eigenvalue weighted by atomic mass is 35.5. The zero-order chi connectivity index (χ0) is 18.9. The number of ether oxygens (including phenoxy) is 1. The first kappa shape index (κ1) is 20.9. The van der Waals surface area contributed by atoms with Crippen molar-refractivity contribution in [3.63, 3.8) is 0 Å². The highest BCUT2D eigenvalue weighted by Crippen LogP contribution is 2.24. The van der Waals surface area contributed by atoms with E-state index in [4.69, 9.17) is 27.9 Å². The Bertz CT molecular complexity index is 728. The van der Waals surface area contributed by atoms with Gasteiger partial charge in [-0.15, -0.1) is 0 Å². The second kappa shape index (κ2) is 10.7. The highest BCUT2D eigenvalue weighted by molar-refractivity contribution is 7.98. The summed E-state index contributed by atoms with van der Waals surface area (Å²) in [6.45, 7) is 2.39. The molecule has 0 aromatic heterocycles. The van der Waals surface area contributed by atoms with Gasteiger partial charge >= 0.3 is 0 Å². The molecule has 2 rings (SSSR count). The molecule has 0 aliphatic rings. The van der Waals surface area contributed by atoms with E-state index >= 15 is 0 Å². The Hall–Kier alpha value is -1.43. The third-order valence-electron chi connectivity index (χ3n) is 3.57. The van der Waals surface area contributed by atoms with E-state index in [1.807, 2.05) is 19.1 Å². The second-order valence-electron chi connectivity index (χ2n) is 5.55. The van der Waals surface area contributed by atoms with Gasteiger partial charge in [0.05, 0.1) is 0 Å². The zero-order valence-corrected chi connectivity index (χ0v) is 16.6. The molecule has 0 unspecified atom stereocenters. The molecule has 1 atom stereocenters. The number of halogens is 3. The largest absolute Gasteiger partial charge is 0.481 e. The van der Waals surface area contributed by atoms with E-state index in [9.17, 15) is 9.18 Å². The van der Waals surface area contributed by atoms with Crippen molar-refractivity contribution in [1.82, 2.24) is 5.32 Å². The van der Waals surface area contributed by atoms with E-state index in [1.165, 1.54) is 24.3 Å². The average molecular weight is 416 g/mol. The van der Waals surface area contributed by atoms with Crippen LogP contribution in [0.25, 0.3) is 0 Å². The fourth-order valence-electron chi connectivity index (χ4n) is 2.18. The Kier molecular flexibility index (Phi) is 8.55. The number of rotatable bonds is 9. The normalized spacial score (nSPS) is 11.8. The topological polar surface area (TPSA) is 38.3 Å². The lowest BCUT2D eigenvalue weighted by Crippen LogP contribution is -2.39. The van der Waals surface area contributed by atoms with Crippen molar-refractivity contribution in [2.75, 3.05) is 12.3 Å². The van der Waals surface area contributed by atoms with Crippen molar-refractivity contribution in [2.45, 2.75) is 25.2 Å². The maximum Gasteiger partial charge on any atom is 0.261 e. The number of hydrogen-bond acceptors (Lipinski definition) is 3. The molecule has 0 bridgehead atoms. The van der Waals surface area contributed by atoms with Gasteiger partial charge in [0, 0.05) is 28.1 Å². The zero-order valence-electron chi connectivity index (χ0n) is 14.3. The predicted molar refractivity (Wildman–Crippen MR) is 107 cm³/mol. The van der Waals surface area contributed by atoms with E-state index in [-0.39, 0.29) is 11.7 Å². The Morgan fingerprint density at radius 1 is 1.23 bits per heavy atom. The van der Waals surface area contributed by atoms with E-state index < -0.39 is 6.10 Å². The minimum atomic E-state index is -0.601. The summed E-state index contributed by atoms with van der Waals surface area (Å²) >= 11 is 13.7. The van der Waals surface area contributed by atoms with Crippen molar-refractivity contribution in [1.29, 1.82) is 0 Å². The summed E-state index contributed by atoms with van der Waals surface area (Å²) < 4.78 is 18.5. The number of amides is 1. The summed E-state index contributed by atoms with van der Waals surface area (Å²) in [5.74, 6) is 1.45. The van der Waals surface area contributed by atoms with Crippen LogP contribution in [0.1, 0.15) is 18.9 Å². The molecular weight excluding hydrogens is 396 g/mol. The van der Waals surface area contributed by atoms with Crippen LogP contribution in [-0.2, 0) is 10.5 Å². The molecule has 0 spiro atoms. The van der Waals surface area contributed by atoms with Gasteiger partial charge in [-0.2, -0.15) is 11.8 Å². The van der Waals surface area contributed by atoms with Gasteiger partial charge in [-0.1, -0.05) is 36.2 Å². The van der Waals surface area contributed by atoms with Crippen LogP contribution >= 0.6 is 35.0 Å². The van der Waals surface area contributed by atoms with Crippen molar-refractivity contribution in [3.8, 4) is 5.75 Å². The smallest absolute Gasteiger partial charge is 0.261 e. The summed E-state index contributed by atoms with van der Waals surface area (Å²) in [5.41, 5.74) is 1.01. The van der Waals surface area contributed by atoms with Crippen molar-refractivity contribution >= 4 is 40.9 Å². The SMILES string of the molecule is CC[C@@H](Oc1ccc(F)cc1)C(=O)NCCSCc1ccc(Cl)cc1Cl. The van der Waals surface area contributed by atoms with Crippen LogP contribution in [-0.4, -0.2) is 24.3 Å². The van der Waals surface area contributed by atoms with Crippen molar-refractivity contribution < 1.29 is 13.9 Å². The van der Waals surface area contributed by atoms with Crippen molar-refractivity contribution in [3.05, 3.63) is 63.9 Å². The lowest BCUT2D eigenvalue weighted by Gasteiger charge is -2.17. The summed E-state index contributed by atoms with van der Waals surface area (Å²) in [6, 6.07) is 11.1. The quantitative estimate of drug-likeness (QED) is 0.561. The van der Waals surface area contributed by atoms with Crippen LogP contribution in [0.4, 0.5) is 4.39 Å². The van der Waals surface area contributed by atoms with E-state index in [0.29, 0.717) is 28.8 Å². The van der Waals surface area contributed by atoms with Crippen LogP contribution in [0.3, 0.4) is 0 Å². The Morgan fingerprint density at radius 3 is 2.62 bits per heavy atom. The molecule has 1 amide bonds. The Balaban J connectivity index is 1.71. The van der Waals surface area contributed by atoms with Gasteiger partial charge in [-0.3, -0.25) is 4.79 Å². The number of benzene rings is 2.